The number of nitrogens with zero attached hydrogens (tertiary/aromatic N) is 1. The summed E-state index contributed by atoms with van der Waals surface area (Å²) >= 11 is 1.60. The van der Waals surface area contributed by atoms with Crippen molar-refractivity contribution in [3.8, 4) is 0 Å². The lowest BCUT2D eigenvalue weighted by atomic mass is 10.4. The molecule has 0 N–H and O–H groups in total. The van der Waals surface area contributed by atoms with Gasteiger partial charge in [0.25, 0.3) is 0 Å². The van der Waals surface area contributed by atoms with Crippen molar-refractivity contribution >= 4 is 11.3 Å². The van der Waals surface area contributed by atoms with E-state index in [9.17, 15) is 0 Å². The summed E-state index contributed by atoms with van der Waals surface area (Å²) in [7, 11) is 3.34. The molecule has 0 amide bonds. The maximum atomic E-state index is 4.99. The van der Waals surface area contributed by atoms with Crippen molar-refractivity contribution < 1.29 is 9.47 Å². The summed E-state index contributed by atoms with van der Waals surface area (Å²) in [6.07, 6.45) is 0. The molecule has 0 saturated heterocycles. The van der Waals surface area contributed by atoms with Gasteiger partial charge in [-0.3, -0.25) is 0 Å². The summed E-state index contributed by atoms with van der Waals surface area (Å²) in [4.78, 5) is 5.29. The van der Waals surface area contributed by atoms with E-state index in [0.29, 0.717) is 13.2 Å². The second kappa shape index (κ2) is 4.43. The van der Waals surface area contributed by atoms with E-state index in [4.69, 9.17) is 9.47 Å². The zero-order valence-electron chi connectivity index (χ0n) is 6.66. The van der Waals surface area contributed by atoms with Crippen LogP contribution in [0.4, 0.5) is 0 Å². The summed E-state index contributed by atoms with van der Waals surface area (Å²) < 4.78 is 9.95. The molecule has 11 heavy (non-hydrogen) atoms. The van der Waals surface area contributed by atoms with Gasteiger partial charge in [0.05, 0.1) is 29.3 Å². The average molecular weight is 173 g/mol. The quantitative estimate of drug-likeness (QED) is 0.690. The lowest BCUT2D eigenvalue weighted by Crippen LogP contribution is -1.93. The van der Waals surface area contributed by atoms with Crippen LogP contribution < -0.4 is 0 Å². The first-order valence-corrected chi connectivity index (χ1v) is 4.15. The highest BCUT2D eigenvalue weighted by molar-refractivity contribution is 7.09. The SMILES string of the molecule is COCc1ncsc1COC. The zero-order valence-corrected chi connectivity index (χ0v) is 7.48. The van der Waals surface area contributed by atoms with Gasteiger partial charge < -0.3 is 9.47 Å². The smallest absolute Gasteiger partial charge is 0.0896 e. The van der Waals surface area contributed by atoms with Crippen LogP contribution in [0.1, 0.15) is 10.6 Å². The Labute approximate surface area is 70.0 Å². The van der Waals surface area contributed by atoms with Crippen LogP contribution in [0.25, 0.3) is 0 Å². The van der Waals surface area contributed by atoms with Gasteiger partial charge in [-0.2, -0.15) is 0 Å². The Kier molecular flexibility index (Phi) is 3.48. The largest absolute Gasteiger partial charge is 0.379 e. The van der Waals surface area contributed by atoms with E-state index in [1.54, 1.807) is 25.6 Å². The fourth-order valence-electron chi connectivity index (χ4n) is 0.797. The Morgan fingerprint density at radius 3 is 2.73 bits per heavy atom. The minimum Gasteiger partial charge on any atom is -0.379 e. The molecular formula is C7H11NO2S. The molecule has 0 unspecified atom stereocenters. The van der Waals surface area contributed by atoms with Crippen molar-refractivity contribution in [1.82, 2.24) is 4.98 Å². The Morgan fingerprint density at radius 2 is 2.09 bits per heavy atom. The van der Waals surface area contributed by atoms with Gasteiger partial charge in [0.2, 0.25) is 0 Å². The minimum absolute atomic E-state index is 0.572. The van der Waals surface area contributed by atoms with E-state index < -0.39 is 0 Å². The molecule has 1 aromatic heterocycles. The van der Waals surface area contributed by atoms with E-state index >= 15 is 0 Å². The molecule has 0 atom stereocenters. The number of hydrogen-bond acceptors (Lipinski definition) is 4. The maximum absolute atomic E-state index is 4.99. The average Bonchev–Trinajstić information content (AvgIpc) is 2.39. The maximum Gasteiger partial charge on any atom is 0.0896 e. The second-order valence-corrected chi connectivity index (χ2v) is 3.03. The Balaban J connectivity index is 2.62. The van der Waals surface area contributed by atoms with E-state index in [1.807, 2.05) is 5.51 Å². The fraction of sp³-hybridized carbons (Fsp3) is 0.571. The van der Waals surface area contributed by atoms with Crippen molar-refractivity contribution in [1.29, 1.82) is 0 Å². The third-order valence-corrected chi connectivity index (χ3v) is 2.13. The van der Waals surface area contributed by atoms with E-state index in [0.717, 1.165) is 10.6 Å². The van der Waals surface area contributed by atoms with Crippen LogP contribution in [0, 0.1) is 0 Å². The van der Waals surface area contributed by atoms with Gasteiger partial charge in [-0.25, -0.2) is 4.98 Å². The molecule has 1 heterocycles. The van der Waals surface area contributed by atoms with Gasteiger partial charge in [-0.05, 0) is 0 Å². The highest BCUT2D eigenvalue weighted by Gasteiger charge is 2.03. The lowest BCUT2D eigenvalue weighted by molar-refractivity contribution is 0.168. The topological polar surface area (TPSA) is 31.4 Å². The molecule has 3 nitrogen and oxygen atoms in total. The third kappa shape index (κ3) is 2.25. The van der Waals surface area contributed by atoms with Gasteiger partial charge in [-0.15, -0.1) is 11.3 Å². The normalized spacial score (nSPS) is 10.4. The van der Waals surface area contributed by atoms with Crippen molar-refractivity contribution in [2.24, 2.45) is 0 Å². The van der Waals surface area contributed by atoms with Gasteiger partial charge in [0, 0.05) is 14.2 Å². The van der Waals surface area contributed by atoms with Crippen LogP contribution in [-0.2, 0) is 22.7 Å². The zero-order chi connectivity index (χ0) is 8.10. The number of hydrogen-bond donors (Lipinski definition) is 0. The second-order valence-electron chi connectivity index (χ2n) is 2.09. The summed E-state index contributed by atoms with van der Waals surface area (Å²) in [5, 5.41) is 0. The Morgan fingerprint density at radius 1 is 1.36 bits per heavy atom. The molecule has 0 bridgehead atoms. The number of methoxy groups -OCH3 is 2. The van der Waals surface area contributed by atoms with Crippen molar-refractivity contribution in [2.45, 2.75) is 13.2 Å². The molecule has 0 aliphatic rings. The summed E-state index contributed by atoms with van der Waals surface area (Å²) in [6.45, 7) is 1.20. The van der Waals surface area contributed by atoms with Gasteiger partial charge in [0.1, 0.15) is 0 Å². The molecule has 0 saturated carbocycles. The lowest BCUT2D eigenvalue weighted by Gasteiger charge is -1.98. The van der Waals surface area contributed by atoms with E-state index in [2.05, 4.69) is 4.98 Å². The molecule has 1 aromatic rings. The monoisotopic (exact) mass is 173 g/mol. The van der Waals surface area contributed by atoms with Gasteiger partial charge in [-0.1, -0.05) is 0 Å². The van der Waals surface area contributed by atoms with Gasteiger partial charge in [0.15, 0.2) is 0 Å². The van der Waals surface area contributed by atoms with Gasteiger partial charge >= 0.3 is 0 Å². The number of rotatable bonds is 4. The fourth-order valence-corrected chi connectivity index (χ4v) is 1.54. The number of ether oxygens (including phenoxy) is 2. The highest BCUT2D eigenvalue weighted by Crippen LogP contribution is 2.14. The molecule has 0 aliphatic heterocycles. The van der Waals surface area contributed by atoms with Crippen LogP contribution in [0.15, 0.2) is 5.51 Å². The molecular weight excluding hydrogens is 162 g/mol. The van der Waals surface area contributed by atoms with Crippen molar-refractivity contribution in [3.05, 3.63) is 16.1 Å². The Bertz CT molecular complexity index is 191. The predicted octanol–water partition coefficient (Wildman–Crippen LogP) is 1.44. The molecule has 62 valence electrons. The van der Waals surface area contributed by atoms with Crippen LogP contribution >= 0.6 is 11.3 Å². The molecule has 0 spiro atoms. The first-order chi connectivity index (χ1) is 5.38. The third-order valence-electron chi connectivity index (χ3n) is 1.28. The molecule has 4 heteroatoms. The standard InChI is InChI=1S/C7H11NO2S/c1-9-3-6-7(4-10-2)11-5-8-6/h5H,3-4H2,1-2H3. The number of thiazole rings is 1. The van der Waals surface area contributed by atoms with Crippen molar-refractivity contribution in [2.75, 3.05) is 14.2 Å². The van der Waals surface area contributed by atoms with Crippen molar-refractivity contribution in [3.63, 3.8) is 0 Å². The van der Waals surface area contributed by atoms with Crippen LogP contribution in [0.2, 0.25) is 0 Å². The van der Waals surface area contributed by atoms with E-state index in [-0.39, 0.29) is 0 Å². The first-order valence-electron chi connectivity index (χ1n) is 3.27. The van der Waals surface area contributed by atoms with Crippen LogP contribution in [0.5, 0.6) is 0 Å². The molecule has 1 rings (SSSR count). The summed E-state index contributed by atoms with van der Waals surface area (Å²) in [6, 6.07) is 0. The molecule has 0 radical (unpaired) electrons. The number of aromatic nitrogens is 1. The minimum atomic E-state index is 0.572. The summed E-state index contributed by atoms with van der Waals surface area (Å²) in [5.41, 5.74) is 2.79. The highest BCUT2D eigenvalue weighted by atomic mass is 32.1. The predicted molar refractivity (Wildman–Crippen MR) is 43.5 cm³/mol. The summed E-state index contributed by atoms with van der Waals surface area (Å²) in [5.74, 6) is 0. The Hall–Kier alpha value is -0.450. The molecule has 0 fully saturated rings. The molecule has 0 aromatic carbocycles. The van der Waals surface area contributed by atoms with Crippen LogP contribution in [0.3, 0.4) is 0 Å². The molecule has 0 aliphatic carbocycles. The van der Waals surface area contributed by atoms with Crippen LogP contribution in [-0.4, -0.2) is 19.2 Å². The van der Waals surface area contributed by atoms with E-state index in [1.165, 1.54) is 0 Å². The first kappa shape index (κ1) is 8.64.